The molecule has 0 bridgehead atoms. The number of carbonyl (C=O) groups excluding carboxylic acids is 1. The van der Waals surface area contributed by atoms with E-state index >= 15 is 0 Å². The minimum absolute atomic E-state index is 0.0578. The van der Waals surface area contributed by atoms with Gasteiger partial charge in [-0.3, -0.25) is 4.79 Å². The summed E-state index contributed by atoms with van der Waals surface area (Å²) >= 11 is 3.47. The molecule has 0 radical (unpaired) electrons. The van der Waals surface area contributed by atoms with Gasteiger partial charge >= 0.3 is 0 Å². The molecule has 0 saturated heterocycles. The lowest BCUT2D eigenvalue weighted by atomic mass is 9.75. The van der Waals surface area contributed by atoms with Gasteiger partial charge in [0.1, 0.15) is 11.9 Å². The summed E-state index contributed by atoms with van der Waals surface area (Å²) in [4.78, 5) is 11.8. The molecular weight excluding hydrogens is 328 g/mol. The molecule has 0 aliphatic heterocycles. The van der Waals surface area contributed by atoms with Crippen molar-refractivity contribution in [3.8, 4) is 5.75 Å². The van der Waals surface area contributed by atoms with Crippen molar-refractivity contribution in [1.82, 2.24) is 0 Å². The fraction of sp³-hybridized carbons (Fsp3) is 0.611. The number of rotatable bonds is 4. The van der Waals surface area contributed by atoms with E-state index in [1.54, 1.807) is 6.92 Å². The van der Waals surface area contributed by atoms with Gasteiger partial charge in [0, 0.05) is 4.47 Å². The highest BCUT2D eigenvalue weighted by Crippen LogP contribution is 2.37. The van der Waals surface area contributed by atoms with Gasteiger partial charge in [-0.05, 0) is 55.7 Å². The summed E-state index contributed by atoms with van der Waals surface area (Å²) in [6.07, 6.45) is 3.78. The highest BCUT2D eigenvalue weighted by Gasteiger charge is 2.32. The Morgan fingerprint density at radius 1 is 1.33 bits per heavy atom. The van der Waals surface area contributed by atoms with Crippen LogP contribution in [0.3, 0.4) is 0 Å². The van der Waals surface area contributed by atoms with E-state index in [9.17, 15) is 4.79 Å². The third-order valence-electron chi connectivity index (χ3n) is 4.56. The van der Waals surface area contributed by atoms with Crippen molar-refractivity contribution in [2.24, 2.45) is 17.8 Å². The second-order valence-electron chi connectivity index (χ2n) is 6.68. The van der Waals surface area contributed by atoms with Crippen LogP contribution in [0.15, 0.2) is 22.7 Å². The largest absolute Gasteiger partial charge is 0.489 e. The monoisotopic (exact) mass is 352 g/mol. The van der Waals surface area contributed by atoms with Crippen LogP contribution in [0.5, 0.6) is 5.75 Å². The van der Waals surface area contributed by atoms with E-state index in [1.807, 2.05) is 18.2 Å². The molecule has 1 fully saturated rings. The van der Waals surface area contributed by atoms with Gasteiger partial charge in [0.25, 0.3) is 0 Å². The fourth-order valence-electron chi connectivity index (χ4n) is 3.30. The Balaban J connectivity index is 2.26. The lowest BCUT2D eigenvalue weighted by Gasteiger charge is -2.37. The predicted octanol–water partition coefficient (Wildman–Crippen LogP) is 5.49. The number of ketones is 1. The van der Waals surface area contributed by atoms with Gasteiger partial charge in [0.15, 0.2) is 5.78 Å². The van der Waals surface area contributed by atoms with Crippen LogP contribution in [0.4, 0.5) is 0 Å². The first-order valence-corrected chi connectivity index (χ1v) is 8.65. The fourth-order valence-corrected chi connectivity index (χ4v) is 3.64. The normalized spacial score (nSPS) is 25.9. The third-order valence-corrected chi connectivity index (χ3v) is 5.06. The highest BCUT2D eigenvalue weighted by atomic mass is 79.9. The average molecular weight is 353 g/mol. The van der Waals surface area contributed by atoms with Crippen molar-refractivity contribution in [3.63, 3.8) is 0 Å². The maximum Gasteiger partial charge on any atom is 0.163 e. The number of hydrogen-bond donors (Lipinski definition) is 0. The van der Waals surface area contributed by atoms with E-state index in [4.69, 9.17) is 4.74 Å². The molecular formula is C18H25BrO2. The summed E-state index contributed by atoms with van der Waals surface area (Å²) in [6, 6.07) is 5.67. The van der Waals surface area contributed by atoms with Crippen LogP contribution in [0, 0.1) is 17.8 Å². The van der Waals surface area contributed by atoms with Crippen LogP contribution in [-0.2, 0) is 0 Å². The number of Topliss-reactive ketones (excluding diaryl/α,β-unsaturated/α-hetero) is 1. The number of ether oxygens (including phenoxy) is 1. The molecule has 0 spiro atoms. The third kappa shape index (κ3) is 4.09. The molecule has 3 unspecified atom stereocenters. The first kappa shape index (κ1) is 16.5. The molecule has 2 nitrogen and oxygen atoms in total. The van der Waals surface area contributed by atoms with E-state index in [0.29, 0.717) is 23.3 Å². The summed E-state index contributed by atoms with van der Waals surface area (Å²) in [5, 5.41) is 0. The molecule has 0 amide bonds. The van der Waals surface area contributed by atoms with Crippen LogP contribution in [0.1, 0.15) is 57.3 Å². The van der Waals surface area contributed by atoms with Gasteiger partial charge in [0.2, 0.25) is 0 Å². The van der Waals surface area contributed by atoms with Crippen LogP contribution in [0.2, 0.25) is 0 Å². The summed E-state index contributed by atoms with van der Waals surface area (Å²) in [5.74, 6) is 2.65. The lowest BCUT2D eigenvalue weighted by molar-refractivity contribution is 0.0452. The zero-order valence-corrected chi connectivity index (χ0v) is 14.9. The number of halogens is 1. The first-order chi connectivity index (χ1) is 9.88. The Morgan fingerprint density at radius 3 is 2.67 bits per heavy atom. The zero-order chi connectivity index (χ0) is 15.6. The van der Waals surface area contributed by atoms with Crippen molar-refractivity contribution in [3.05, 3.63) is 28.2 Å². The van der Waals surface area contributed by atoms with Gasteiger partial charge in [0.05, 0.1) is 5.56 Å². The van der Waals surface area contributed by atoms with Crippen molar-refractivity contribution >= 4 is 21.7 Å². The smallest absolute Gasteiger partial charge is 0.163 e. The standard InChI is InChI=1S/C18H25BrO2/c1-11(2)15-7-5-12(3)9-17(15)21-18-10-14(19)6-8-16(18)13(4)20/h6,8,10-12,15,17H,5,7,9H2,1-4H3. The molecule has 1 aliphatic carbocycles. The van der Waals surface area contributed by atoms with E-state index in [-0.39, 0.29) is 11.9 Å². The van der Waals surface area contributed by atoms with E-state index in [1.165, 1.54) is 12.8 Å². The number of benzene rings is 1. The Labute approximate surface area is 136 Å². The molecule has 21 heavy (non-hydrogen) atoms. The highest BCUT2D eigenvalue weighted by molar-refractivity contribution is 9.10. The van der Waals surface area contributed by atoms with Gasteiger partial charge in [-0.2, -0.15) is 0 Å². The minimum Gasteiger partial charge on any atom is -0.489 e. The molecule has 1 aromatic carbocycles. The molecule has 3 heteroatoms. The summed E-state index contributed by atoms with van der Waals surface area (Å²) < 4.78 is 7.27. The van der Waals surface area contributed by atoms with Crippen molar-refractivity contribution in [2.45, 2.75) is 53.1 Å². The second kappa shape index (κ2) is 6.95. The molecule has 3 atom stereocenters. The van der Waals surface area contributed by atoms with Crippen LogP contribution in [0.25, 0.3) is 0 Å². The van der Waals surface area contributed by atoms with Crippen LogP contribution in [-0.4, -0.2) is 11.9 Å². The molecule has 1 aromatic rings. The van der Waals surface area contributed by atoms with Crippen LogP contribution < -0.4 is 4.74 Å². The summed E-state index contributed by atoms with van der Waals surface area (Å²) in [7, 11) is 0. The van der Waals surface area contributed by atoms with Gasteiger partial charge in [-0.15, -0.1) is 0 Å². The molecule has 0 aromatic heterocycles. The molecule has 116 valence electrons. The van der Waals surface area contributed by atoms with Crippen molar-refractivity contribution < 1.29 is 9.53 Å². The van der Waals surface area contributed by atoms with E-state index < -0.39 is 0 Å². The molecule has 1 aliphatic rings. The second-order valence-corrected chi connectivity index (χ2v) is 7.59. The maximum absolute atomic E-state index is 11.8. The van der Waals surface area contributed by atoms with Crippen LogP contribution >= 0.6 is 15.9 Å². The predicted molar refractivity (Wildman–Crippen MR) is 89.9 cm³/mol. The van der Waals surface area contributed by atoms with Gasteiger partial charge in [-0.1, -0.05) is 43.1 Å². The Bertz CT molecular complexity index is 510. The summed E-state index contributed by atoms with van der Waals surface area (Å²) in [5.41, 5.74) is 0.680. The quantitative estimate of drug-likeness (QED) is 0.669. The Morgan fingerprint density at radius 2 is 2.05 bits per heavy atom. The maximum atomic E-state index is 11.8. The van der Waals surface area contributed by atoms with Gasteiger partial charge < -0.3 is 4.74 Å². The summed E-state index contributed by atoms with van der Waals surface area (Å²) in [6.45, 7) is 8.42. The Hall–Kier alpha value is -0.830. The number of carbonyl (C=O) groups is 1. The van der Waals surface area contributed by atoms with Crippen molar-refractivity contribution in [1.29, 1.82) is 0 Å². The SMILES string of the molecule is CC(=O)c1ccc(Br)cc1OC1CC(C)CCC1C(C)C. The Kier molecular flexibility index (Phi) is 5.48. The molecule has 0 N–H and O–H groups in total. The lowest BCUT2D eigenvalue weighted by Crippen LogP contribution is -2.36. The van der Waals surface area contributed by atoms with E-state index in [0.717, 1.165) is 16.6 Å². The molecule has 2 rings (SSSR count). The molecule has 0 heterocycles. The molecule has 1 saturated carbocycles. The first-order valence-electron chi connectivity index (χ1n) is 7.85. The zero-order valence-electron chi connectivity index (χ0n) is 13.4. The average Bonchev–Trinajstić information content (AvgIpc) is 2.38. The number of hydrogen-bond acceptors (Lipinski definition) is 2. The van der Waals surface area contributed by atoms with E-state index in [2.05, 4.69) is 36.7 Å². The van der Waals surface area contributed by atoms with Gasteiger partial charge in [-0.25, -0.2) is 0 Å². The minimum atomic E-state index is 0.0578. The van der Waals surface area contributed by atoms with Crippen molar-refractivity contribution in [2.75, 3.05) is 0 Å². The topological polar surface area (TPSA) is 26.3 Å².